The normalized spacial score (nSPS) is 11.3. The highest BCUT2D eigenvalue weighted by atomic mass is 35.5. The molecule has 172 valence electrons. The number of rotatable bonds is 6. The van der Waals surface area contributed by atoms with Gasteiger partial charge in [-0.25, -0.2) is 9.36 Å². The van der Waals surface area contributed by atoms with Crippen LogP contribution in [0.5, 0.6) is 11.6 Å². The third kappa shape index (κ3) is 4.87. The molecule has 0 unspecified atom stereocenters. The van der Waals surface area contributed by atoms with Crippen molar-refractivity contribution < 1.29 is 9.84 Å². The minimum Gasteiger partial charge on any atom is -0.496 e. The second-order valence-electron chi connectivity index (χ2n) is 7.24. The quantitative estimate of drug-likeness (QED) is 0.288. The first-order chi connectivity index (χ1) is 16.5. The Hall–Kier alpha value is -4.30. The van der Waals surface area contributed by atoms with Crippen molar-refractivity contribution in [2.75, 3.05) is 12.4 Å². The van der Waals surface area contributed by atoms with Crippen molar-refractivity contribution >= 4 is 23.1 Å². The maximum Gasteiger partial charge on any atom is 0.335 e. The van der Waals surface area contributed by atoms with Crippen molar-refractivity contribution in [3.63, 3.8) is 0 Å². The average Bonchev–Trinajstić information content (AvgIpc) is 2.83. The summed E-state index contributed by atoms with van der Waals surface area (Å²) < 4.78 is 6.35. The Morgan fingerprint density at radius 2 is 1.79 bits per heavy atom. The van der Waals surface area contributed by atoms with E-state index in [2.05, 4.69) is 15.3 Å². The Bertz CT molecular complexity index is 1460. The van der Waals surface area contributed by atoms with Crippen LogP contribution in [0.4, 0.5) is 5.69 Å². The van der Waals surface area contributed by atoms with Crippen LogP contribution in [0.1, 0.15) is 11.1 Å². The molecule has 8 nitrogen and oxygen atoms in total. The number of aromatic amines is 1. The zero-order valence-corrected chi connectivity index (χ0v) is 18.9. The fourth-order valence-electron chi connectivity index (χ4n) is 3.43. The summed E-state index contributed by atoms with van der Waals surface area (Å²) >= 11 is 6.07. The van der Waals surface area contributed by atoms with Crippen LogP contribution in [0.3, 0.4) is 0 Å². The number of nitrogens with one attached hydrogen (secondary N) is 2. The van der Waals surface area contributed by atoms with Gasteiger partial charge in [-0.2, -0.15) is 0 Å². The number of aromatic hydroxyl groups is 1. The molecule has 0 fully saturated rings. The summed E-state index contributed by atoms with van der Waals surface area (Å²) in [5, 5.41) is 14.5. The van der Waals surface area contributed by atoms with Crippen LogP contribution < -0.4 is 21.3 Å². The highest BCUT2D eigenvalue weighted by Gasteiger charge is 2.21. The SMILES string of the molecule is COc1ccccc1CN=C(Nc1ccccc1)c1c(O)n(-c2cccc(Cl)c2)c(=O)[nH]c1=O. The van der Waals surface area contributed by atoms with Gasteiger partial charge < -0.3 is 15.2 Å². The summed E-state index contributed by atoms with van der Waals surface area (Å²) in [7, 11) is 1.56. The number of hydrogen-bond donors (Lipinski definition) is 3. The minimum atomic E-state index is -0.808. The molecule has 0 bridgehead atoms. The first-order valence-electron chi connectivity index (χ1n) is 10.3. The molecule has 1 aromatic heterocycles. The predicted octanol–water partition coefficient (Wildman–Crippen LogP) is 3.95. The van der Waals surface area contributed by atoms with Crippen molar-refractivity contribution in [3.05, 3.63) is 116 Å². The summed E-state index contributed by atoms with van der Waals surface area (Å²) in [6.45, 7) is 0.147. The summed E-state index contributed by atoms with van der Waals surface area (Å²) in [5.41, 5.74) is -0.0908. The van der Waals surface area contributed by atoms with Gasteiger partial charge in [0, 0.05) is 16.3 Å². The lowest BCUT2D eigenvalue weighted by Gasteiger charge is -2.15. The van der Waals surface area contributed by atoms with E-state index in [-0.39, 0.29) is 23.6 Å². The molecule has 3 N–H and O–H groups in total. The van der Waals surface area contributed by atoms with Gasteiger partial charge in [-0.05, 0) is 36.4 Å². The third-order valence-corrected chi connectivity index (χ3v) is 5.26. The lowest BCUT2D eigenvalue weighted by atomic mass is 10.2. The molecular weight excluding hydrogens is 456 g/mol. The van der Waals surface area contributed by atoms with Crippen LogP contribution in [0, 0.1) is 0 Å². The number of para-hydroxylation sites is 2. The standard InChI is InChI=1S/C25H21ClN4O4/c1-34-20-13-6-5-8-16(20)15-27-22(28-18-10-3-2-4-11-18)21-23(31)29-25(33)30(24(21)32)19-12-7-9-17(26)14-19/h2-14,32H,15H2,1H3,(H,27,28)(H,29,31,33). The molecule has 0 aliphatic carbocycles. The fraction of sp³-hybridized carbons (Fsp3) is 0.0800. The van der Waals surface area contributed by atoms with Gasteiger partial charge in [-0.3, -0.25) is 14.8 Å². The van der Waals surface area contributed by atoms with E-state index in [1.165, 1.54) is 6.07 Å². The first-order valence-corrected chi connectivity index (χ1v) is 10.7. The number of anilines is 1. The van der Waals surface area contributed by atoms with Crippen LogP contribution in [-0.2, 0) is 6.54 Å². The van der Waals surface area contributed by atoms with Gasteiger partial charge in [0.15, 0.2) is 0 Å². The van der Waals surface area contributed by atoms with Gasteiger partial charge in [-0.1, -0.05) is 54.1 Å². The molecular formula is C25H21ClN4O4. The van der Waals surface area contributed by atoms with Gasteiger partial charge in [-0.15, -0.1) is 0 Å². The van der Waals surface area contributed by atoms with E-state index in [1.807, 2.05) is 36.4 Å². The smallest absolute Gasteiger partial charge is 0.335 e. The number of hydrogen-bond acceptors (Lipinski definition) is 5. The molecule has 0 radical (unpaired) electrons. The minimum absolute atomic E-state index is 0.0756. The number of H-pyrrole nitrogens is 1. The maximum absolute atomic E-state index is 12.9. The van der Waals surface area contributed by atoms with E-state index in [0.29, 0.717) is 16.5 Å². The first kappa shape index (κ1) is 22.9. The second-order valence-corrected chi connectivity index (χ2v) is 7.68. The molecule has 0 spiro atoms. The predicted molar refractivity (Wildman–Crippen MR) is 133 cm³/mol. The molecule has 4 aromatic rings. The van der Waals surface area contributed by atoms with E-state index in [4.69, 9.17) is 16.3 Å². The van der Waals surface area contributed by atoms with E-state index < -0.39 is 17.1 Å². The molecule has 0 saturated heterocycles. The van der Waals surface area contributed by atoms with Crippen molar-refractivity contribution in [1.82, 2.24) is 9.55 Å². The summed E-state index contributed by atoms with van der Waals surface area (Å²) in [6.07, 6.45) is 0. The number of benzene rings is 3. The Balaban J connectivity index is 1.88. The number of halogens is 1. The highest BCUT2D eigenvalue weighted by molar-refractivity contribution is 6.30. The number of aliphatic imine (C=N–C) groups is 1. The van der Waals surface area contributed by atoms with Crippen molar-refractivity contribution in [3.8, 4) is 17.3 Å². The van der Waals surface area contributed by atoms with E-state index in [9.17, 15) is 14.7 Å². The van der Waals surface area contributed by atoms with Crippen LogP contribution >= 0.6 is 11.6 Å². The third-order valence-electron chi connectivity index (χ3n) is 5.03. The fourth-order valence-corrected chi connectivity index (χ4v) is 3.61. The zero-order chi connectivity index (χ0) is 24.1. The van der Waals surface area contributed by atoms with Crippen molar-refractivity contribution in [1.29, 1.82) is 0 Å². The van der Waals surface area contributed by atoms with Gasteiger partial charge in [0.1, 0.15) is 17.1 Å². The molecule has 0 atom stereocenters. The van der Waals surface area contributed by atoms with Crippen molar-refractivity contribution in [2.24, 2.45) is 4.99 Å². The molecule has 1 heterocycles. The Labute approximate surface area is 199 Å². The number of amidine groups is 1. The van der Waals surface area contributed by atoms with Crippen LogP contribution in [0.25, 0.3) is 5.69 Å². The molecule has 0 amide bonds. The molecule has 34 heavy (non-hydrogen) atoms. The van der Waals surface area contributed by atoms with Gasteiger partial charge in [0.2, 0.25) is 5.88 Å². The zero-order valence-electron chi connectivity index (χ0n) is 18.2. The van der Waals surface area contributed by atoms with Crippen LogP contribution in [0.15, 0.2) is 93.4 Å². The summed E-state index contributed by atoms with van der Waals surface area (Å²) in [6, 6.07) is 22.8. The van der Waals surface area contributed by atoms with Crippen LogP contribution in [-0.4, -0.2) is 27.6 Å². The molecule has 0 aliphatic rings. The molecule has 9 heteroatoms. The Morgan fingerprint density at radius 3 is 2.53 bits per heavy atom. The monoisotopic (exact) mass is 476 g/mol. The number of nitrogens with zero attached hydrogens (tertiary/aromatic N) is 2. The average molecular weight is 477 g/mol. The number of aromatic nitrogens is 2. The Kier molecular flexibility index (Phi) is 6.79. The van der Waals surface area contributed by atoms with Crippen LogP contribution in [0.2, 0.25) is 5.02 Å². The molecule has 0 saturated carbocycles. The number of ether oxygens (including phenoxy) is 1. The van der Waals surface area contributed by atoms with Crippen molar-refractivity contribution in [2.45, 2.75) is 6.54 Å². The lowest BCUT2D eigenvalue weighted by molar-refractivity contribution is 0.410. The van der Waals surface area contributed by atoms with Gasteiger partial charge in [0.25, 0.3) is 5.56 Å². The Morgan fingerprint density at radius 1 is 1.06 bits per heavy atom. The molecule has 3 aromatic carbocycles. The van der Waals surface area contributed by atoms with Gasteiger partial charge in [0.05, 0.1) is 19.3 Å². The van der Waals surface area contributed by atoms with Gasteiger partial charge >= 0.3 is 5.69 Å². The maximum atomic E-state index is 12.9. The second kappa shape index (κ2) is 10.1. The summed E-state index contributed by atoms with van der Waals surface area (Å²) in [4.78, 5) is 32.3. The largest absolute Gasteiger partial charge is 0.496 e. The van der Waals surface area contributed by atoms with E-state index >= 15 is 0 Å². The molecule has 4 rings (SSSR count). The van der Waals surface area contributed by atoms with E-state index in [0.717, 1.165) is 10.1 Å². The summed E-state index contributed by atoms with van der Waals surface area (Å²) in [5.74, 6) is 0.136. The van der Waals surface area contributed by atoms with E-state index in [1.54, 1.807) is 43.5 Å². The number of methoxy groups -OCH3 is 1. The topological polar surface area (TPSA) is 109 Å². The molecule has 0 aliphatic heterocycles. The highest BCUT2D eigenvalue weighted by Crippen LogP contribution is 2.22. The lowest BCUT2D eigenvalue weighted by Crippen LogP contribution is -2.35.